The van der Waals surface area contributed by atoms with Gasteiger partial charge in [0.1, 0.15) is 5.01 Å². The van der Waals surface area contributed by atoms with Crippen LogP contribution in [0.4, 0.5) is 11.4 Å². The van der Waals surface area contributed by atoms with Gasteiger partial charge in [-0.25, -0.2) is 0 Å². The van der Waals surface area contributed by atoms with Crippen LogP contribution in [0.3, 0.4) is 0 Å². The van der Waals surface area contributed by atoms with Gasteiger partial charge in [-0.3, -0.25) is 4.79 Å². The molecule has 0 unspecified atom stereocenters. The van der Waals surface area contributed by atoms with Gasteiger partial charge in [-0.05, 0) is 25.1 Å². The summed E-state index contributed by atoms with van der Waals surface area (Å²) in [4.78, 5) is 11.7. The minimum absolute atomic E-state index is 0.0284. The summed E-state index contributed by atoms with van der Waals surface area (Å²) in [6, 6.07) is 7.14. The van der Waals surface area contributed by atoms with Gasteiger partial charge in [0.25, 0.3) is 0 Å². The monoisotopic (exact) mass is 294 g/mol. The molecule has 100 valence electrons. The first-order valence-corrected chi connectivity index (χ1v) is 7.52. The summed E-state index contributed by atoms with van der Waals surface area (Å²) in [6.45, 7) is 1.91. The fourth-order valence-corrected chi connectivity index (χ4v) is 3.23. The maximum atomic E-state index is 11.7. The van der Waals surface area contributed by atoms with Crippen molar-refractivity contribution in [2.75, 3.05) is 16.8 Å². The molecular formula is C12H14N4OS2. The summed E-state index contributed by atoms with van der Waals surface area (Å²) in [5, 5.41) is 11.7. The Balaban J connectivity index is 1.76. The Labute approximate surface area is 119 Å². The van der Waals surface area contributed by atoms with Crippen LogP contribution in [0.25, 0.3) is 0 Å². The van der Waals surface area contributed by atoms with E-state index in [-0.39, 0.29) is 5.91 Å². The number of anilines is 2. The highest BCUT2D eigenvalue weighted by atomic mass is 32.2. The zero-order valence-corrected chi connectivity index (χ0v) is 12.1. The first-order chi connectivity index (χ1) is 9.13. The van der Waals surface area contributed by atoms with E-state index in [4.69, 9.17) is 5.73 Å². The number of rotatable bonds is 5. The predicted octanol–water partition coefficient (Wildman–Crippen LogP) is 2.55. The molecule has 19 heavy (non-hydrogen) atoms. The standard InChI is InChI=1S/C12H14N4OS2/c1-8-15-16-12(19-8)18-6-5-11(17)14-10-4-2-3-9(13)7-10/h2-4,7H,5-6,13H2,1H3,(H,14,17). The van der Waals surface area contributed by atoms with Gasteiger partial charge in [-0.2, -0.15) is 0 Å². The van der Waals surface area contributed by atoms with Crippen molar-refractivity contribution in [2.24, 2.45) is 0 Å². The van der Waals surface area contributed by atoms with E-state index in [9.17, 15) is 4.79 Å². The minimum atomic E-state index is -0.0284. The van der Waals surface area contributed by atoms with E-state index in [0.717, 1.165) is 15.0 Å². The summed E-state index contributed by atoms with van der Waals surface area (Å²) in [7, 11) is 0. The largest absolute Gasteiger partial charge is 0.399 e. The highest BCUT2D eigenvalue weighted by molar-refractivity contribution is 8.01. The van der Waals surface area contributed by atoms with Crippen LogP contribution in [0.5, 0.6) is 0 Å². The third-order valence-electron chi connectivity index (χ3n) is 2.23. The summed E-state index contributed by atoms with van der Waals surface area (Å²) in [6.07, 6.45) is 0.429. The van der Waals surface area contributed by atoms with Crippen LogP contribution in [0, 0.1) is 6.92 Å². The van der Waals surface area contributed by atoms with Gasteiger partial charge in [-0.15, -0.1) is 10.2 Å². The highest BCUT2D eigenvalue weighted by Gasteiger charge is 2.05. The zero-order valence-electron chi connectivity index (χ0n) is 10.4. The molecule has 1 heterocycles. The Bertz CT molecular complexity index is 570. The fourth-order valence-electron chi connectivity index (χ4n) is 1.41. The van der Waals surface area contributed by atoms with Crippen molar-refractivity contribution in [3.8, 4) is 0 Å². The Kier molecular flexibility index (Phi) is 4.75. The number of carbonyl (C=O) groups excluding carboxylic acids is 1. The second-order valence-corrected chi connectivity index (χ2v) is 6.38. The normalized spacial score (nSPS) is 10.4. The molecule has 0 radical (unpaired) electrons. The van der Waals surface area contributed by atoms with Crippen LogP contribution < -0.4 is 11.1 Å². The van der Waals surface area contributed by atoms with E-state index in [1.807, 2.05) is 19.1 Å². The molecule has 0 saturated carbocycles. The number of nitrogens with one attached hydrogen (secondary N) is 1. The van der Waals surface area contributed by atoms with E-state index >= 15 is 0 Å². The molecule has 0 spiro atoms. The molecule has 0 fully saturated rings. The first kappa shape index (κ1) is 13.8. The first-order valence-electron chi connectivity index (χ1n) is 5.72. The lowest BCUT2D eigenvalue weighted by molar-refractivity contribution is -0.115. The van der Waals surface area contributed by atoms with Gasteiger partial charge >= 0.3 is 0 Å². The van der Waals surface area contributed by atoms with Gasteiger partial charge < -0.3 is 11.1 Å². The predicted molar refractivity (Wildman–Crippen MR) is 79.5 cm³/mol. The van der Waals surface area contributed by atoms with E-state index in [2.05, 4.69) is 15.5 Å². The molecule has 0 bridgehead atoms. The van der Waals surface area contributed by atoms with Crippen molar-refractivity contribution >= 4 is 40.4 Å². The number of amides is 1. The van der Waals surface area contributed by atoms with Crippen molar-refractivity contribution in [3.05, 3.63) is 29.3 Å². The van der Waals surface area contributed by atoms with Gasteiger partial charge in [0.2, 0.25) is 5.91 Å². The van der Waals surface area contributed by atoms with Crippen molar-refractivity contribution in [1.29, 1.82) is 0 Å². The Morgan fingerprint density at radius 3 is 3.00 bits per heavy atom. The fraction of sp³-hybridized carbons (Fsp3) is 0.250. The van der Waals surface area contributed by atoms with Gasteiger partial charge in [0, 0.05) is 23.5 Å². The van der Waals surface area contributed by atoms with Crippen LogP contribution in [-0.2, 0) is 4.79 Å². The van der Waals surface area contributed by atoms with Crippen LogP contribution in [-0.4, -0.2) is 21.9 Å². The smallest absolute Gasteiger partial charge is 0.225 e. The molecule has 2 rings (SSSR count). The molecule has 5 nitrogen and oxygen atoms in total. The van der Waals surface area contributed by atoms with Crippen LogP contribution >= 0.6 is 23.1 Å². The second kappa shape index (κ2) is 6.53. The third kappa shape index (κ3) is 4.53. The Hall–Kier alpha value is -1.60. The Morgan fingerprint density at radius 1 is 1.47 bits per heavy atom. The molecule has 0 atom stereocenters. The number of thioether (sulfide) groups is 1. The molecule has 0 aliphatic rings. The maximum Gasteiger partial charge on any atom is 0.225 e. The number of hydrogen-bond donors (Lipinski definition) is 2. The second-order valence-electron chi connectivity index (χ2n) is 3.86. The zero-order chi connectivity index (χ0) is 13.7. The van der Waals surface area contributed by atoms with E-state index in [1.165, 1.54) is 11.3 Å². The lowest BCUT2D eigenvalue weighted by Crippen LogP contribution is -2.12. The minimum Gasteiger partial charge on any atom is -0.399 e. The topological polar surface area (TPSA) is 80.9 Å². The number of aryl methyl sites for hydroxylation is 1. The molecule has 2 aromatic rings. The average molecular weight is 294 g/mol. The molecule has 0 aliphatic heterocycles. The summed E-state index contributed by atoms with van der Waals surface area (Å²) >= 11 is 3.08. The van der Waals surface area contributed by atoms with E-state index in [1.54, 1.807) is 23.9 Å². The SMILES string of the molecule is Cc1nnc(SCCC(=O)Nc2cccc(N)c2)s1. The van der Waals surface area contributed by atoms with Crippen LogP contribution in [0.15, 0.2) is 28.6 Å². The molecule has 1 amide bonds. The summed E-state index contributed by atoms with van der Waals surface area (Å²) in [5.41, 5.74) is 7.00. The van der Waals surface area contributed by atoms with Gasteiger partial charge in [0.15, 0.2) is 4.34 Å². The number of hydrogen-bond acceptors (Lipinski definition) is 6. The number of aromatic nitrogens is 2. The van der Waals surface area contributed by atoms with E-state index in [0.29, 0.717) is 17.9 Å². The van der Waals surface area contributed by atoms with Crippen LogP contribution in [0.2, 0.25) is 0 Å². The third-order valence-corrected chi connectivity index (χ3v) is 4.21. The van der Waals surface area contributed by atoms with Crippen molar-refractivity contribution in [1.82, 2.24) is 10.2 Å². The molecule has 0 saturated heterocycles. The molecule has 0 aliphatic carbocycles. The molecule has 3 N–H and O–H groups in total. The maximum absolute atomic E-state index is 11.7. The van der Waals surface area contributed by atoms with Gasteiger partial charge in [-0.1, -0.05) is 29.2 Å². The quantitative estimate of drug-likeness (QED) is 0.654. The highest BCUT2D eigenvalue weighted by Crippen LogP contribution is 2.22. The van der Waals surface area contributed by atoms with Crippen molar-refractivity contribution in [3.63, 3.8) is 0 Å². The average Bonchev–Trinajstić information content (AvgIpc) is 2.75. The lowest BCUT2D eigenvalue weighted by atomic mass is 10.3. The lowest BCUT2D eigenvalue weighted by Gasteiger charge is -2.05. The molecule has 7 heteroatoms. The summed E-state index contributed by atoms with van der Waals surface area (Å²) < 4.78 is 0.897. The molecule has 1 aromatic heterocycles. The van der Waals surface area contributed by atoms with E-state index < -0.39 is 0 Å². The number of carbonyl (C=O) groups is 1. The molecule has 1 aromatic carbocycles. The number of nitrogens with zero attached hydrogens (tertiary/aromatic N) is 2. The number of benzene rings is 1. The van der Waals surface area contributed by atoms with Gasteiger partial charge in [0.05, 0.1) is 0 Å². The van der Waals surface area contributed by atoms with Crippen LogP contribution in [0.1, 0.15) is 11.4 Å². The molecular weight excluding hydrogens is 280 g/mol. The Morgan fingerprint density at radius 2 is 2.32 bits per heavy atom. The number of nitrogen functional groups attached to an aromatic ring is 1. The summed E-state index contributed by atoms with van der Waals surface area (Å²) in [5.74, 6) is 0.655. The van der Waals surface area contributed by atoms with Crippen molar-refractivity contribution in [2.45, 2.75) is 17.7 Å². The number of nitrogens with two attached hydrogens (primary N) is 1. The van der Waals surface area contributed by atoms with Crippen molar-refractivity contribution < 1.29 is 4.79 Å².